The third-order valence-corrected chi connectivity index (χ3v) is 3.97. The van der Waals surface area contributed by atoms with Crippen molar-refractivity contribution in [2.45, 2.75) is 13.3 Å². The normalized spacial score (nSPS) is 15.9. The van der Waals surface area contributed by atoms with E-state index < -0.39 is 4.92 Å². The largest absolute Gasteiger partial charge is 0.385 e. The van der Waals surface area contributed by atoms with Crippen LogP contribution in [0.4, 0.5) is 11.4 Å². The van der Waals surface area contributed by atoms with E-state index in [0.29, 0.717) is 0 Å². The van der Waals surface area contributed by atoms with Gasteiger partial charge in [0.2, 0.25) is 0 Å². The number of rotatable bonds is 6. The van der Waals surface area contributed by atoms with Crippen LogP contribution in [0, 0.1) is 17.0 Å². The molecule has 6 nitrogen and oxygen atoms in total. The molecule has 0 unspecified atom stereocenters. The van der Waals surface area contributed by atoms with Gasteiger partial charge in [-0.25, -0.2) is 0 Å². The molecule has 2 N–H and O–H groups in total. The van der Waals surface area contributed by atoms with Crippen LogP contribution >= 0.6 is 11.6 Å². The molecular weight excluding hydrogens is 292 g/mol. The number of anilines is 1. The molecule has 7 heteroatoms. The first-order valence-corrected chi connectivity index (χ1v) is 7.57. The van der Waals surface area contributed by atoms with E-state index in [0.717, 1.165) is 56.9 Å². The molecule has 0 aromatic heterocycles. The second-order valence-electron chi connectivity index (χ2n) is 5.25. The quantitative estimate of drug-likeness (QED) is 0.479. The Morgan fingerprint density at radius 2 is 2.14 bits per heavy atom. The summed E-state index contributed by atoms with van der Waals surface area (Å²) in [6.07, 6.45) is 1.04. The number of nitrogens with one attached hydrogen (secondary N) is 2. The van der Waals surface area contributed by atoms with Gasteiger partial charge in [0, 0.05) is 44.5 Å². The molecule has 1 aromatic rings. The second-order valence-corrected chi connectivity index (χ2v) is 5.65. The maximum absolute atomic E-state index is 10.8. The SMILES string of the molecule is Cc1cc([N+](=O)[O-])c(Cl)cc1NCCCN1CCNCC1. The summed E-state index contributed by atoms with van der Waals surface area (Å²) in [5, 5.41) is 17.6. The van der Waals surface area contributed by atoms with E-state index in [-0.39, 0.29) is 10.7 Å². The lowest BCUT2D eigenvalue weighted by Crippen LogP contribution is -2.44. The molecule has 1 heterocycles. The summed E-state index contributed by atoms with van der Waals surface area (Å²) in [6, 6.07) is 3.15. The molecule has 0 radical (unpaired) electrons. The number of piperazine rings is 1. The topological polar surface area (TPSA) is 70.4 Å². The van der Waals surface area contributed by atoms with Gasteiger partial charge in [-0.15, -0.1) is 0 Å². The van der Waals surface area contributed by atoms with Crippen molar-refractivity contribution in [2.75, 3.05) is 44.6 Å². The average Bonchev–Trinajstić information content (AvgIpc) is 2.47. The second kappa shape index (κ2) is 7.59. The fourth-order valence-corrected chi connectivity index (χ4v) is 2.69. The number of nitro groups is 1. The standard InChI is InChI=1S/C14H21ClN4O2/c1-11-9-14(19(20)21)12(15)10-13(11)17-3-2-6-18-7-4-16-5-8-18/h9-10,16-17H,2-8H2,1H3. The van der Waals surface area contributed by atoms with Gasteiger partial charge in [-0.05, 0) is 31.5 Å². The Balaban J connectivity index is 1.82. The molecule has 1 aliphatic heterocycles. The Kier molecular flexibility index (Phi) is 5.78. The van der Waals surface area contributed by atoms with E-state index in [9.17, 15) is 10.1 Å². The summed E-state index contributed by atoms with van der Waals surface area (Å²) < 4.78 is 0. The highest BCUT2D eigenvalue weighted by atomic mass is 35.5. The van der Waals surface area contributed by atoms with Gasteiger partial charge in [-0.1, -0.05) is 11.6 Å². The van der Waals surface area contributed by atoms with Gasteiger partial charge in [0.15, 0.2) is 0 Å². The van der Waals surface area contributed by atoms with Gasteiger partial charge in [0.05, 0.1) is 4.92 Å². The van der Waals surface area contributed by atoms with Crippen LogP contribution in [0.1, 0.15) is 12.0 Å². The van der Waals surface area contributed by atoms with Gasteiger partial charge in [0.1, 0.15) is 5.02 Å². The minimum atomic E-state index is -0.455. The molecule has 0 aliphatic carbocycles. The summed E-state index contributed by atoms with van der Waals surface area (Å²) in [4.78, 5) is 12.8. The molecule has 116 valence electrons. The lowest BCUT2D eigenvalue weighted by molar-refractivity contribution is -0.384. The Morgan fingerprint density at radius 1 is 1.43 bits per heavy atom. The number of halogens is 1. The van der Waals surface area contributed by atoms with Crippen LogP contribution in [0.2, 0.25) is 5.02 Å². The summed E-state index contributed by atoms with van der Waals surface area (Å²) in [5.41, 5.74) is 1.67. The van der Waals surface area contributed by atoms with Crippen LogP contribution < -0.4 is 10.6 Å². The van der Waals surface area contributed by atoms with Gasteiger partial charge in [-0.2, -0.15) is 0 Å². The smallest absolute Gasteiger partial charge is 0.288 e. The monoisotopic (exact) mass is 312 g/mol. The number of nitrogens with zero attached hydrogens (tertiary/aromatic N) is 2. The molecule has 1 saturated heterocycles. The Labute approximate surface area is 129 Å². The predicted octanol–water partition coefficient (Wildman–Crippen LogP) is 2.26. The maximum atomic E-state index is 10.8. The highest BCUT2D eigenvalue weighted by molar-refractivity contribution is 6.33. The first-order chi connectivity index (χ1) is 10.1. The minimum absolute atomic E-state index is 0.0412. The zero-order valence-corrected chi connectivity index (χ0v) is 12.9. The highest BCUT2D eigenvalue weighted by Crippen LogP contribution is 2.30. The number of nitro benzene ring substituents is 1. The zero-order valence-electron chi connectivity index (χ0n) is 12.2. The van der Waals surface area contributed by atoms with Crippen molar-refractivity contribution < 1.29 is 4.92 Å². The third kappa shape index (κ3) is 4.56. The molecule has 2 rings (SSSR count). The van der Waals surface area contributed by atoms with E-state index in [2.05, 4.69) is 15.5 Å². The van der Waals surface area contributed by atoms with Crippen molar-refractivity contribution in [1.29, 1.82) is 0 Å². The summed E-state index contributed by atoms with van der Waals surface area (Å²) >= 11 is 5.93. The van der Waals surface area contributed by atoms with E-state index in [1.165, 1.54) is 6.07 Å². The number of benzene rings is 1. The zero-order chi connectivity index (χ0) is 15.2. The first-order valence-electron chi connectivity index (χ1n) is 7.19. The minimum Gasteiger partial charge on any atom is -0.385 e. The lowest BCUT2D eigenvalue weighted by Gasteiger charge is -2.27. The fraction of sp³-hybridized carbons (Fsp3) is 0.571. The van der Waals surface area contributed by atoms with Gasteiger partial charge in [-0.3, -0.25) is 10.1 Å². The number of aryl methyl sites for hydroxylation is 1. The van der Waals surface area contributed by atoms with E-state index in [1.807, 2.05) is 6.92 Å². The Hall–Kier alpha value is -1.37. The van der Waals surface area contributed by atoms with E-state index >= 15 is 0 Å². The molecule has 0 atom stereocenters. The van der Waals surface area contributed by atoms with Crippen LogP contribution in [-0.2, 0) is 0 Å². The fourth-order valence-electron chi connectivity index (χ4n) is 2.46. The molecule has 1 fully saturated rings. The van der Waals surface area contributed by atoms with E-state index in [4.69, 9.17) is 11.6 Å². The first kappa shape index (κ1) is 16.0. The van der Waals surface area contributed by atoms with Crippen LogP contribution in [0.25, 0.3) is 0 Å². The van der Waals surface area contributed by atoms with Crippen molar-refractivity contribution in [2.24, 2.45) is 0 Å². The number of hydrogen-bond acceptors (Lipinski definition) is 5. The molecule has 0 spiro atoms. The molecular formula is C14H21ClN4O2. The van der Waals surface area contributed by atoms with E-state index in [1.54, 1.807) is 6.07 Å². The van der Waals surface area contributed by atoms with Crippen LogP contribution in [0.15, 0.2) is 12.1 Å². The van der Waals surface area contributed by atoms with Crippen molar-refractivity contribution in [3.63, 3.8) is 0 Å². The third-order valence-electron chi connectivity index (χ3n) is 3.67. The lowest BCUT2D eigenvalue weighted by atomic mass is 10.1. The molecule has 0 bridgehead atoms. The predicted molar refractivity (Wildman–Crippen MR) is 85.3 cm³/mol. The summed E-state index contributed by atoms with van der Waals surface area (Å²) in [6.45, 7) is 8.06. The highest BCUT2D eigenvalue weighted by Gasteiger charge is 2.15. The molecule has 1 aromatic carbocycles. The Morgan fingerprint density at radius 3 is 2.81 bits per heavy atom. The van der Waals surface area contributed by atoms with Crippen molar-refractivity contribution in [1.82, 2.24) is 10.2 Å². The van der Waals surface area contributed by atoms with Crippen LogP contribution in [0.3, 0.4) is 0 Å². The van der Waals surface area contributed by atoms with Crippen molar-refractivity contribution in [3.05, 3.63) is 32.8 Å². The van der Waals surface area contributed by atoms with Crippen LogP contribution in [0.5, 0.6) is 0 Å². The summed E-state index contributed by atoms with van der Waals surface area (Å²) in [7, 11) is 0. The number of hydrogen-bond donors (Lipinski definition) is 2. The molecule has 0 saturated carbocycles. The molecule has 1 aliphatic rings. The van der Waals surface area contributed by atoms with Gasteiger partial charge < -0.3 is 15.5 Å². The van der Waals surface area contributed by atoms with Gasteiger partial charge >= 0.3 is 0 Å². The van der Waals surface area contributed by atoms with Crippen LogP contribution in [-0.4, -0.2) is 49.1 Å². The van der Waals surface area contributed by atoms with Crippen molar-refractivity contribution >= 4 is 23.0 Å². The average molecular weight is 313 g/mol. The molecule has 0 amide bonds. The van der Waals surface area contributed by atoms with Crippen molar-refractivity contribution in [3.8, 4) is 0 Å². The Bertz CT molecular complexity index is 504. The molecule has 21 heavy (non-hydrogen) atoms. The van der Waals surface area contributed by atoms with Gasteiger partial charge in [0.25, 0.3) is 5.69 Å². The summed E-state index contributed by atoms with van der Waals surface area (Å²) in [5.74, 6) is 0. The maximum Gasteiger partial charge on any atom is 0.288 e.